The topological polar surface area (TPSA) is 51.2 Å². The van der Waals surface area contributed by atoms with Crippen LogP contribution in [0.4, 0.5) is 0 Å². The highest BCUT2D eigenvalue weighted by Crippen LogP contribution is 2.04. The second-order valence-electron chi connectivity index (χ2n) is 1.86. The number of hydrogen-bond acceptors (Lipinski definition) is 2. The van der Waals surface area contributed by atoms with Crippen molar-refractivity contribution in [3.05, 3.63) is 45.6 Å². The fourth-order valence-corrected chi connectivity index (χ4v) is 0.727. The Morgan fingerprint density at radius 3 is 2.45 bits per heavy atom. The smallest absolute Gasteiger partial charge is 0.338 e. The predicted molar refractivity (Wildman–Crippen MR) is 40.9 cm³/mol. The quantitative estimate of drug-likeness (QED) is 0.520. The first-order valence-electron chi connectivity index (χ1n) is 2.96. The Labute approximate surface area is 63.9 Å². The molecular formula is C8H4N2O. The fraction of sp³-hybridized carbons (Fsp3) is 0. The van der Waals surface area contributed by atoms with Crippen LogP contribution in [0, 0.1) is 22.6 Å². The first-order chi connectivity index (χ1) is 5.38. The molecule has 1 aromatic rings. The van der Waals surface area contributed by atoms with E-state index >= 15 is 0 Å². The largest absolute Gasteiger partial charge is 0.498 e. The van der Waals surface area contributed by atoms with E-state index in [4.69, 9.17) is 5.26 Å². The van der Waals surface area contributed by atoms with Crippen LogP contribution in [0.2, 0.25) is 0 Å². The van der Waals surface area contributed by atoms with E-state index in [2.05, 4.69) is 11.1 Å². The second kappa shape index (κ2) is 3.24. The Hall–Kier alpha value is -2.00. The molecule has 0 aliphatic rings. The molecule has 0 radical (unpaired) electrons. The summed E-state index contributed by atoms with van der Waals surface area (Å²) < 4.78 is 0. The zero-order valence-corrected chi connectivity index (χ0v) is 5.61. The third-order valence-corrected chi connectivity index (χ3v) is 1.21. The minimum Gasteiger partial charge on any atom is -0.498 e. The van der Waals surface area contributed by atoms with Crippen LogP contribution in [0.5, 0.6) is 0 Å². The van der Waals surface area contributed by atoms with E-state index in [0.29, 0.717) is 11.1 Å². The lowest BCUT2D eigenvalue weighted by molar-refractivity contribution is 1.47. The standard InChI is InChI=1S/C8H4N2O/c9-5-7-3-1-2-4-8(7)6-10-11/h1-4H. The first-order valence-corrected chi connectivity index (χ1v) is 2.96. The van der Waals surface area contributed by atoms with E-state index in [1.54, 1.807) is 24.3 Å². The Morgan fingerprint density at radius 2 is 1.91 bits per heavy atom. The van der Waals surface area contributed by atoms with Gasteiger partial charge in [0.15, 0.2) is 0 Å². The first kappa shape index (κ1) is 7.11. The van der Waals surface area contributed by atoms with Gasteiger partial charge in [-0.15, -0.1) is 0 Å². The number of nitriles is 1. The van der Waals surface area contributed by atoms with E-state index in [1.807, 2.05) is 6.07 Å². The van der Waals surface area contributed by atoms with Crippen LogP contribution in [0.25, 0.3) is 5.01 Å². The lowest BCUT2D eigenvalue weighted by Gasteiger charge is -1.85. The predicted octanol–water partition coefficient (Wildman–Crippen LogP) is 1.74. The molecule has 0 aliphatic carbocycles. The molecule has 0 heterocycles. The van der Waals surface area contributed by atoms with Crippen molar-refractivity contribution in [2.45, 2.75) is 0 Å². The van der Waals surface area contributed by atoms with Gasteiger partial charge in [0.1, 0.15) is 11.6 Å². The highest BCUT2D eigenvalue weighted by Gasteiger charge is 2.00. The van der Waals surface area contributed by atoms with Crippen molar-refractivity contribution < 1.29 is 0 Å². The molecule has 1 rings (SSSR count). The molecule has 1 aromatic carbocycles. The average molecular weight is 144 g/mol. The Balaban J connectivity index is 3.22. The van der Waals surface area contributed by atoms with E-state index in [1.165, 1.54) is 0 Å². The van der Waals surface area contributed by atoms with Crippen LogP contribution in [0.3, 0.4) is 0 Å². The Bertz CT molecular complexity index is 354. The second-order valence-corrected chi connectivity index (χ2v) is 1.86. The van der Waals surface area contributed by atoms with E-state index in [0.717, 1.165) is 0 Å². The molecule has 0 saturated heterocycles. The van der Waals surface area contributed by atoms with Crippen LogP contribution in [0.1, 0.15) is 11.1 Å². The van der Waals surface area contributed by atoms with Crippen molar-refractivity contribution in [3.63, 3.8) is 0 Å². The zero-order valence-electron chi connectivity index (χ0n) is 5.61. The molecule has 0 spiro atoms. The van der Waals surface area contributed by atoms with E-state index in [9.17, 15) is 5.21 Å². The van der Waals surface area contributed by atoms with Crippen molar-refractivity contribution in [3.8, 4) is 12.1 Å². The molecule has 0 aromatic heterocycles. The molecule has 3 nitrogen and oxygen atoms in total. The summed E-state index contributed by atoms with van der Waals surface area (Å²) in [4.78, 5) is 0. The summed E-state index contributed by atoms with van der Waals surface area (Å²) in [6, 6.07) is 10.7. The van der Waals surface area contributed by atoms with Gasteiger partial charge in [-0.2, -0.15) is 5.26 Å². The van der Waals surface area contributed by atoms with Crippen LogP contribution in [-0.2, 0) is 0 Å². The third-order valence-electron chi connectivity index (χ3n) is 1.21. The van der Waals surface area contributed by atoms with Gasteiger partial charge < -0.3 is 5.21 Å². The van der Waals surface area contributed by atoms with Gasteiger partial charge in [-0.05, 0) is 12.1 Å². The van der Waals surface area contributed by atoms with Crippen LogP contribution < -0.4 is 0 Å². The third kappa shape index (κ3) is 1.47. The van der Waals surface area contributed by atoms with Gasteiger partial charge in [0.05, 0.1) is 5.56 Å². The van der Waals surface area contributed by atoms with Gasteiger partial charge in [0, 0.05) is 5.01 Å². The fourth-order valence-electron chi connectivity index (χ4n) is 0.727. The lowest BCUT2D eigenvalue weighted by atomic mass is 10.1. The molecule has 0 unspecified atom stereocenters. The minimum absolute atomic E-state index is 0.409. The van der Waals surface area contributed by atoms with Gasteiger partial charge in [-0.1, -0.05) is 12.1 Å². The van der Waals surface area contributed by atoms with Crippen molar-refractivity contribution in [1.29, 1.82) is 5.26 Å². The molecule has 0 atom stereocenters. The summed E-state index contributed by atoms with van der Waals surface area (Å²) in [5.41, 5.74) is 0.845. The van der Waals surface area contributed by atoms with Crippen molar-refractivity contribution >= 4 is 0 Å². The molecule has 0 saturated carbocycles. The van der Waals surface area contributed by atoms with Gasteiger partial charge in [-0.25, -0.2) is 0 Å². The maximum Gasteiger partial charge on any atom is 0.338 e. The van der Waals surface area contributed by atoms with Gasteiger partial charge in [0.2, 0.25) is 0 Å². The van der Waals surface area contributed by atoms with Crippen molar-refractivity contribution in [2.75, 3.05) is 0 Å². The highest BCUT2D eigenvalue weighted by atomic mass is 16.4. The summed E-state index contributed by atoms with van der Waals surface area (Å²) >= 11 is 0. The van der Waals surface area contributed by atoms with Crippen LogP contribution in [-0.4, -0.2) is 0 Å². The minimum atomic E-state index is 0.409. The van der Waals surface area contributed by atoms with E-state index < -0.39 is 0 Å². The molecule has 0 aliphatic heterocycles. The maximum absolute atomic E-state index is 9.77. The lowest BCUT2D eigenvalue weighted by Crippen LogP contribution is -1.79. The SMILES string of the molecule is N#Cc1ccccc1C#[N+][O-]. The summed E-state index contributed by atoms with van der Waals surface area (Å²) in [6.45, 7) is 0. The summed E-state index contributed by atoms with van der Waals surface area (Å²) in [7, 11) is 0. The molecule has 0 fully saturated rings. The summed E-state index contributed by atoms with van der Waals surface area (Å²) in [5, 5.41) is 20.7. The average Bonchev–Trinajstić information content (AvgIpc) is 2.06. The number of rotatable bonds is 0. The van der Waals surface area contributed by atoms with Crippen molar-refractivity contribution in [1.82, 2.24) is 0 Å². The van der Waals surface area contributed by atoms with Crippen LogP contribution >= 0.6 is 0 Å². The molecule has 0 bridgehead atoms. The number of nitrogens with zero attached hydrogens (tertiary/aromatic N) is 2. The Morgan fingerprint density at radius 1 is 1.27 bits per heavy atom. The molecule has 11 heavy (non-hydrogen) atoms. The van der Waals surface area contributed by atoms with Gasteiger partial charge >= 0.3 is 6.07 Å². The highest BCUT2D eigenvalue weighted by molar-refractivity contribution is 5.46. The number of benzene rings is 1. The molecule has 52 valence electrons. The molecule has 0 N–H and O–H groups in total. The molecule has 3 heteroatoms. The van der Waals surface area contributed by atoms with Crippen LogP contribution in [0.15, 0.2) is 24.3 Å². The summed E-state index contributed by atoms with van der Waals surface area (Å²) in [6.07, 6.45) is 0. The zero-order chi connectivity index (χ0) is 8.10. The number of hydrogen-bond donors (Lipinski definition) is 0. The molecule has 0 amide bonds. The van der Waals surface area contributed by atoms with E-state index in [-0.39, 0.29) is 0 Å². The van der Waals surface area contributed by atoms with Gasteiger partial charge in [0.25, 0.3) is 0 Å². The maximum atomic E-state index is 9.77. The normalized spacial score (nSPS) is 7.55. The summed E-state index contributed by atoms with van der Waals surface area (Å²) in [5.74, 6) is 0. The van der Waals surface area contributed by atoms with Crippen molar-refractivity contribution in [2.24, 2.45) is 0 Å². The monoisotopic (exact) mass is 144 g/mol. The Kier molecular flexibility index (Phi) is 2.09. The van der Waals surface area contributed by atoms with Gasteiger partial charge in [-0.3, -0.25) is 0 Å². The molecular weight excluding hydrogens is 140 g/mol.